The minimum Gasteiger partial charge on any atom is -0.481 e. The molecule has 0 saturated heterocycles. The van der Waals surface area contributed by atoms with Crippen LogP contribution in [0.15, 0.2) is 24.3 Å². The number of amides is 1. The monoisotopic (exact) mass is 315 g/mol. The van der Waals surface area contributed by atoms with Gasteiger partial charge in [-0.1, -0.05) is 29.8 Å². The van der Waals surface area contributed by atoms with E-state index in [4.69, 9.17) is 5.11 Å². The highest BCUT2D eigenvalue weighted by atomic mass is 16.4. The number of carbonyl (C=O) groups excluding carboxylic acids is 1. The zero-order valence-electron chi connectivity index (χ0n) is 13.6. The van der Waals surface area contributed by atoms with Crippen LogP contribution in [-0.4, -0.2) is 26.8 Å². The van der Waals surface area contributed by atoms with Gasteiger partial charge in [0.25, 0.3) is 0 Å². The molecule has 0 spiro atoms. The van der Waals surface area contributed by atoms with Crippen LogP contribution < -0.4 is 5.32 Å². The lowest BCUT2D eigenvalue weighted by atomic mass is 10.1. The summed E-state index contributed by atoms with van der Waals surface area (Å²) in [5, 5.41) is 15.9. The summed E-state index contributed by atoms with van der Waals surface area (Å²) in [6.45, 7) is 6.38. The van der Waals surface area contributed by atoms with Gasteiger partial charge in [0.1, 0.15) is 0 Å². The lowest BCUT2D eigenvalue weighted by Gasteiger charge is -2.07. The molecule has 2 N–H and O–H groups in total. The third-order valence-electron chi connectivity index (χ3n) is 3.63. The van der Waals surface area contributed by atoms with E-state index in [2.05, 4.69) is 16.5 Å². The molecule has 0 bridgehead atoms. The molecule has 6 nitrogen and oxygen atoms in total. The molecule has 2 rings (SSSR count). The quantitative estimate of drug-likeness (QED) is 0.858. The summed E-state index contributed by atoms with van der Waals surface area (Å²) in [6.07, 6.45) is -0.224. The van der Waals surface area contributed by atoms with Crippen LogP contribution in [0.25, 0.3) is 0 Å². The molecule has 0 unspecified atom stereocenters. The number of aliphatic carboxylic acids is 1. The Balaban J connectivity index is 2.12. The van der Waals surface area contributed by atoms with Crippen LogP contribution in [0.1, 0.15) is 35.4 Å². The third kappa shape index (κ3) is 4.42. The van der Waals surface area contributed by atoms with Gasteiger partial charge < -0.3 is 10.4 Å². The first-order valence-electron chi connectivity index (χ1n) is 7.48. The minimum absolute atomic E-state index is 0.0444. The molecule has 23 heavy (non-hydrogen) atoms. The Morgan fingerprint density at radius 1 is 1.22 bits per heavy atom. The number of hydrogen-bond donors (Lipinski definition) is 2. The number of carboxylic acid groups (broad SMARTS) is 1. The van der Waals surface area contributed by atoms with Crippen LogP contribution in [-0.2, 0) is 16.1 Å². The second-order valence-corrected chi connectivity index (χ2v) is 5.63. The molecule has 1 amide bonds. The number of nitrogens with zero attached hydrogens (tertiary/aromatic N) is 2. The predicted octanol–water partition coefficient (Wildman–Crippen LogP) is 2.66. The van der Waals surface area contributed by atoms with Gasteiger partial charge in [0.2, 0.25) is 5.91 Å². The van der Waals surface area contributed by atoms with E-state index in [0.29, 0.717) is 12.2 Å². The van der Waals surface area contributed by atoms with E-state index in [0.717, 1.165) is 17.0 Å². The SMILES string of the molecule is Cc1cccc(Cn2nc(C)c(NC(=O)CCC(=O)O)c2C)c1. The second kappa shape index (κ2) is 7.09. The number of carboxylic acids is 1. The lowest BCUT2D eigenvalue weighted by molar-refractivity contribution is -0.138. The Kier molecular flexibility index (Phi) is 5.16. The van der Waals surface area contributed by atoms with Crippen LogP contribution in [0.4, 0.5) is 5.69 Å². The van der Waals surface area contributed by atoms with Crippen molar-refractivity contribution in [3.8, 4) is 0 Å². The van der Waals surface area contributed by atoms with Crippen molar-refractivity contribution in [2.45, 2.75) is 40.2 Å². The molecule has 0 radical (unpaired) electrons. The molecular formula is C17H21N3O3. The summed E-state index contributed by atoms with van der Waals surface area (Å²) in [4.78, 5) is 22.4. The van der Waals surface area contributed by atoms with Gasteiger partial charge in [-0.15, -0.1) is 0 Å². The van der Waals surface area contributed by atoms with E-state index < -0.39 is 5.97 Å². The van der Waals surface area contributed by atoms with Crippen molar-refractivity contribution >= 4 is 17.6 Å². The second-order valence-electron chi connectivity index (χ2n) is 5.63. The van der Waals surface area contributed by atoms with Gasteiger partial charge in [0.15, 0.2) is 0 Å². The number of hydrogen-bond acceptors (Lipinski definition) is 3. The predicted molar refractivity (Wildman–Crippen MR) is 87.5 cm³/mol. The molecule has 0 aliphatic carbocycles. The van der Waals surface area contributed by atoms with Crippen molar-refractivity contribution in [1.29, 1.82) is 0 Å². The van der Waals surface area contributed by atoms with Gasteiger partial charge in [0.05, 0.1) is 30.0 Å². The number of anilines is 1. The van der Waals surface area contributed by atoms with Crippen molar-refractivity contribution in [2.24, 2.45) is 0 Å². The number of nitrogens with one attached hydrogen (secondary N) is 1. The summed E-state index contributed by atoms with van der Waals surface area (Å²) < 4.78 is 1.84. The van der Waals surface area contributed by atoms with E-state index in [-0.39, 0.29) is 18.7 Å². The average Bonchev–Trinajstić information content (AvgIpc) is 2.73. The number of benzene rings is 1. The van der Waals surface area contributed by atoms with Gasteiger partial charge in [-0.05, 0) is 26.3 Å². The Bertz CT molecular complexity index is 735. The van der Waals surface area contributed by atoms with Gasteiger partial charge >= 0.3 is 5.97 Å². The maximum atomic E-state index is 11.8. The van der Waals surface area contributed by atoms with Crippen LogP contribution in [0.5, 0.6) is 0 Å². The van der Waals surface area contributed by atoms with Gasteiger partial charge in [-0.25, -0.2) is 0 Å². The molecule has 2 aromatic rings. The van der Waals surface area contributed by atoms with E-state index >= 15 is 0 Å². The highest BCUT2D eigenvalue weighted by molar-refractivity contribution is 5.93. The highest BCUT2D eigenvalue weighted by Gasteiger charge is 2.15. The molecule has 0 saturated carbocycles. The smallest absolute Gasteiger partial charge is 0.303 e. The molecule has 1 aromatic heterocycles. The zero-order valence-corrected chi connectivity index (χ0v) is 13.6. The maximum Gasteiger partial charge on any atom is 0.303 e. The van der Waals surface area contributed by atoms with Crippen molar-refractivity contribution in [2.75, 3.05) is 5.32 Å². The molecule has 1 aromatic carbocycles. The highest BCUT2D eigenvalue weighted by Crippen LogP contribution is 2.21. The van der Waals surface area contributed by atoms with E-state index in [9.17, 15) is 9.59 Å². The van der Waals surface area contributed by atoms with Crippen molar-refractivity contribution in [3.05, 3.63) is 46.8 Å². The zero-order chi connectivity index (χ0) is 17.0. The molecule has 6 heteroatoms. The minimum atomic E-state index is -0.983. The Morgan fingerprint density at radius 2 is 1.96 bits per heavy atom. The first-order chi connectivity index (χ1) is 10.9. The van der Waals surface area contributed by atoms with Crippen molar-refractivity contribution in [1.82, 2.24) is 9.78 Å². The summed E-state index contributed by atoms with van der Waals surface area (Å²) >= 11 is 0. The lowest BCUT2D eigenvalue weighted by Crippen LogP contribution is -2.14. The Hall–Kier alpha value is -2.63. The van der Waals surface area contributed by atoms with Crippen LogP contribution in [0.3, 0.4) is 0 Å². The fraction of sp³-hybridized carbons (Fsp3) is 0.353. The number of carbonyl (C=O) groups is 2. The Labute approximate surface area is 135 Å². The van der Waals surface area contributed by atoms with E-state index in [1.54, 1.807) is 0 Å². The fourth-order valence-corrected chi connectivity index (χ4v) is 2.44. The molecule has 0 aliphatic rings. The molecule has 0 aliphatic heterocycles. The Morgan fingerprint density at radius 3 is 2.61 bits per heavy atom. The van der Waals surface area contributed by atoms with Gasteiger partial charge in [-0.3, -0.25) is 14.3 Å². The molecule has 122 valence electrons. The first kappa shape index (κ1) is 16.7. The maximum absolute atomic E-state index is 11.8. The van der Waals surface area contributed by atoms with E-state index in [1.807, 2.05) is 43.7 Å². The number of aryl methyl sites for hydroxylation is 2. The van der Waals surface area contributed by atoms with Gasteiger partial charge in [-0.2, -0.15) is 5.10 Å². The summed E-state index contributed by atoms with van der Waals surface area (Å²) in [5.41, 5.74) is 4.56. The first-order valence-corrected chi connectivity index (χ1v) is 7.48. The molecule has 0 atom stereocenters. The fourth-order valence-electron chi connectivity index (χ4n) is 2.44. The van der Waals surface area contributed by atoms with E-state index in [1.165, 1.54) is 5.56 Å². The van der Waals surface area contributed by atoms with Crippen molar-refractivity contribution in [3.63, 3.8) is 0 Å². The molecule has 0 fully saturated rings. The van der Waals surface area contributed by atoms with Gasteiger partial charge in [0, 0.05) is 6.42 Å². The standard InChI is InChI=1S/C17H21N3O3/c1-11-5-4-6-14(9-11)10-20-13(3)17(12(2)19-20)18-15(21)7-8-16(22)23/h4-6,9H,7-8,10H2,1-3H3,(H,18,21)(H,22,23). The topological polar surface area (TPSA) is 84.2 Å². The van der Waals surface area contributed by atoms with Crippen LogP contribution >= 0.6 is 0 Å². The molecular weight excluding hydrogens is 294 g/mol. The number of aromatic nitrogens is 2. The molecule has 1 heterocycles. The third-order valence-corrected chi connectivity index (χ3v) is 3.63. The van der Waals surface area contributed by atoms with Crippen molar-refractivity contribution < 1.29 is 14.7 Å². The summed E-state index contributed by atoms with van der Waals surface area (Å²) in [5.74, 6) is -1.29. The van der Waals surface area contributed by atoms with Crippen LogP contribution in [0, 0.1) is 20.8 Å². The largest absolute Gasteiger partial charge is 0.481 e. The summed E-state index contributed by atoms with van der Waals surface area (Å²) in [6, 6.07) is 8.18. The summed E-state index contributed by atoms with van der Waals surface area (Å²) in [7, 11) is 0. The van der Waals surface area contributed by atoms with Crippen LogP contribution in [0.2, 0.25) is 0 Å². The average molecular weight is 315 g/mol. The normalized spacial score (nSPS) is 10.6. The number of rotatable bonds is 6.